The highest BCUT2D eigenvalue weighted by Gasteiger charge is 2.39. The van der Waals surface area contributed by atoms with Crippen molar-refractivity contribution >= 4 is 29.6 Å². The number of aliphatic hydroxyl groups is 2. The molecule has 0 bridgehead atoms. The molecule has 1 aromatic heterocycles. The lowest BCUT2D eigenvalue weighted by molar-refractivity contribution is -0.149. The van der Waals surface area contributed by atoms with E-state index in [2.05, 4.69) is 25.9 Å². The number of aliphatic carboxylic acids is 1. The number of hydrogen-bond acceptors (Lipinski definition) is 9. The van der Waals surface area contributed by atoms with Gasteiger partial charge in [0.1, 0.15) is 30.2 Å². The Bertz CT molecular complexity index is 1000. The Morgan fingerprint density at radius 3 is 2.31 bits per heavy atom. The van der Waals surface area contributed by atoms with Crippen LogP contribution >= 0.6 is 0 Å². The van der Waals surface area contributed by atoms with Gasteiger partial charge >= 0.3 is 5.97 Å². The molecule has 0 saturated carbocycles. The number of carbonyl (C=O) groups excluding carboxylic acids is 4. The lowest BCUT2D eigenvalue weighted by Gasteiger charge is -2.30. The molecule has 0 aromatic carbocycles. The quantitative estimate of drug-likeness (QED) is 0.118. The fourth-order valence-corrected chi connectivity index (χ4v) is 4.28. The number of aromatic amines is 1. The molecule has 0 radical (unpaired) electrons. The SMILES string of the molecule is CC(C)C[C@H](NC(=O)[C@@H](NC(=O)[C@H](Cc1c[nH]cn1)NC(=O)[C@@H](N)CO)[C@@H](C)O)C(=O)N1CCC[C@H]1C(=O)O. The Morgan fingerprint density at radius 2 is 1.77 bits per heavy atom. The molecular formula is C24H39N7O8. The lowest BCUT2D eigenvalue weighted by Crippen LogP contribution is -2.61. The van der Waals surface area contributed by atoms with Crippen molar-refractivity contribution in [2.45, 2.75) is 82.8 Å². The van der Waals surface area contributed by atoms with Gasteiger partial charge in [0.05, 0.1) is 24.7 Å². The summed E-state index contributed by atoms with van der Waals surface area (Å²) in [5, 5.41) is 36.4. The number of likely N-dealkylation sites (tertiary alicyclic amines) is 1. The molecule has 1 aromatic rings. The average Bonchev–Trinajstić information content (AvgIpc) is 3.57. The van der Waals surface area contributed by atoms with Crippen molar-refractivity contribution in [1.82, 2.24) is 30.8 Å². The highest BCUT2D eigenvalue weighted by molar-refractivity contribution is 5.96. The fraction of sp³-hybridized carbons (Fsp3) is 0.667. The van der Waals surface area contributed by atoms with E-state index < -0.39 is 72.5 Å². The van der Waals surface area contributed by atoms with Crippen molar-refractivity contribution in [3.8, 4) is 0 Å². The number of carboxylic acid groups (broad SMARTS) is 1. The molecule has 1 saturated heterocycles. The number of H-pyrrole nitrogens is 1. The molecule has 1 fully saturated rings. The summed E-state index contributed by atoms with van der Waals surface area (Å²) in [6.45, 7) is 4.51. The highest BCUT2D eigenvalue weighted by Crippen LogP contribution is 2.20. The molecular weight excluding hydrogens is 514 g/mol. The summed E-state index contributed by atoms with van der Waals surface area (Å²) in [5.41, 5.74) is 5.96. The van der Waals surface area contributed by atoms with Crippen LogP contribution in [0.15, 0.2) is 12.5 Å². The molecule has 9 N–H and O–H groups in total. The minimum absolute atomic E-state index is 0.0473. The summed E-state index contributed by atoms with van der Waals surface area (Å²) in [6.07, 6.45) is 2.40. The van der Waals surface area contributed by atoms with Gasteiger partial charge in [-0.05, 0) is 32.1 Å². The zero-order valence-electron chi connectivity index (χ0n) is 22.3. The first-order chi connectivity index (χ1) is 18.3. The van der Waals surface area contributed by atoms with Crippen molar-refractivity contribution in [3.05, 3.63) is 18.2 Å². The topological polar surface area (TPSA) is 240 Å². The van der Waals surface area contributed by atoms with Gasteiger partial charge in [-0.3, -0.25) is 19.2 Å². The average molecular weight is 554 g/mol. The predicted molar refractivity (Wildman–Crippen MR) is 137 cm³/mol. The molecule has 15 nitrogen and oxygen atoms in total. The van der Waals surface area contributed by atoms with E-state index in [9.17, 15) is 34.2 Å². The number of aliphatic hydroxyl groups excluding tert-OH is 2. The number of aromatic nitrogens is 2. The van der Waals surface area contributed by atoms with Gasteiger partial charge in [0, 0.05) is 19.2 Å². The molecule has 0 spiro atoms. The van der Waals surface area contributed by atoms with Gasteiger partial charge < -0.3 is 46.9 Å². The number of carboxylic acids is 1. The van der Waals surface area contributed by atoms with Crippen LogP contribution in [0.1, 0.15) is 45.7 Å². The Labute approximate surface area is 225 Å². The smallest absolute Gasteiger partial charge is 0.326 e. The molecule has 4 amide bonds. The normalized spacial score (nSPS) is 19.1. The molecule has 0 unspecified atom stereocenters. The van der Waals surface area contributed by atoms with Crippen molar-refractivity contribution in [1.29, 1.82) is 0 Å². The van der Waals surface area contributed by atoms with Crippen molar-refractivity contribution in [3.63, 3.8) is 0 Å². The second-order valence-corrected chi connectivity index (χ2v) is 10.1. The van der Waals surface area contributed by atoms with Crippen molar-refractivity contribution in [2.75, 3.05) is 13.2 Å². The molecule has 1 aliphatic rings. The van der Waals surface area contributed by atoms with Crippen LogP contribution < -0.4 is 21.7 Å². The van der Waals surface area contributed by atoms with E-state index in [-0.39, 0.29) is 25.3 Å². The van der Waals surface area contributed by atoms with E-state index in [1.54, 1.807) is 0 Å². The molecule has 2 heterocycles. The van der Waals surface area contributed by atoms with Crippen molar-refractivity contribution in [2.24, 2.45) is 11.7 Å². The predicted octanol–water partition coefficient (Wildman–Crippen LogP) is -2.77. The first-order valence-electron chi connectivity index (χ1n) is 12.8. The fourth-order valence-electron chi connectivity index (χ4n) is 4.28. The maximum atomic E-state index is 13.3. The molecule has 6 atom stereocenters. The van der Waals surface area contributed by atoms with E-state index in [0.29, 0.717) is 18.5 Å². The molecule has 218 valence electrons. The van der Waals surface area contributed by atoms with Gasteiger partial charge in [-0.1, -0.05) is 13.8 Å². The Balaban J connectivity index is 2.21. The third-order valence-corrected chi connectivity index (χ3v) is 6.34. The Kier molecular flexibility index (Phi) is 11.8. The molecule has 39 heavy (non-hydrogen) atoms. The molecule has 0 aliphatic carbocycles. The Morgan fingerprint density at radius 1 is 1.10 bits per heavy atom. The Hall–Kier alpha value is -3.56. The summed E-state index contributed by atoms with van der Waals surface area (Å²) in [5.74, 6) is -4.24. The number of amides is 4. The van der Waals surface area contributed by atoms with Gasteiger partial charge in [-0.15, -0.1) is 0 Å². The molecule has 1 aliphatic heterocycles. The second-order valence-electron chi connectivity index (χ2n) is 10.1. The van der Waals surface area contributed by atoms with Crippen LogP contribution in [0, 0.1) is 5.92 Å². The zero-order chi connectivity index (χ0) is 29.3. The van der Waals surface area contributed by atoms with Crippen LogP contribution in [0.4, 0.5) is 0 Å². The first kappa shape index (κ1) is 31.7. The number of hydrogen-bond donors (Lipinski definition) is 8. The lowest BCUT2D eigenvalue weighted by atomic mass is 10.0. The van der Waals surface area contributed by atoms with Gasteiger partial charge in [0.2, 0.25) is 23.6 Å². The van der Waals surface area contributed by atoms with Gasteiger partial charge in [0.15, 0.2) is 0 Å². The number of rotatable bonds is 14. The summed E-state index contributed by atoms with van der Waals surface area (Å²) in [6, 6.07) is -6.15. The summed E-state index contributed by atoms with van der Waals surface area (Å²) < 4.78 is 0. The third-order valence-electron chi connectivity index (χ3n) is 6.34. The van der Waals surface area contributed by atoms with Crippen LogP contribution in [0.3, 0.4) is 0 Å². The van der Waals surface area contributed by atoms with E-state index in [1.165, 1.54) is 24.3 Å². The molecule has 2 rings (SSSR count). The zero-order valence-corrected chi connectivity index (χ0v) is 22.3. The van der Waals surface area contributed by atoms with E-state index >= 15 is 0 Å². The van der Waals surface area contributed by atoms with Crippen molar-refractivity contribution < 1.29 is 39.3 Å². The standard InChI is InChI=1S/C24H39N7O8/c1-12(2)7-17(23(37)31-6-4-5-18(31)24(38)39)29-22(36)19(13(3)33)30-21(35)16(8-14-9-26-11-27-14)28-20(34)15(25)10-32/h9,11-13,15-19,32-33H,4-8,10,25H2,1-3H3,(H,26,27)(H,28,34)(H,29,36)(H,30,35)(H,38,39)/t13-,15+,16+,17+,18+,19+/m1/s1. The monoisotopic (exact) mass is 553 g/mol. The number of nitrogens with zero attached hydrogens (tertiary/aromatic N) is 2. The van der Waals surface area contributed by atoms with Crippen LogP contribution in [0.2, 0.25) is 0 Å². The van der Waals surface area contributed by atoms with Crippen LogP contribution in [0.5, 0.6) is 0 Å². The minimum Gasteiger partial charge on any atom is -0.480 e. The largest absolute Gasteiger partial charge is 0.480 e. The first-order valence-corrected chi connectivity index (χ1v) is 12.8. The maximum Gasteiger partial charge on any atom is 0.326 e. The van der Waals surface area contributed by atoms with Gasteiger partial charge in [0.25, 0.3) is 0 Å². The van der Waals surface area contributed by atoms with Gasteiger partial charge in [-0.25, -0.2) is 9.78 Å². The van der Waals surface area contributed by atoms with Gasteiger partial charge in [-0.2, -0.15) is 0 Å². The highest BCUT2D eigenvalue weighted by atomic mass is 16.4. The number of nitrogens with two attached hydrogens (primary N) is 1. The van der Waals surface area contributed by atoms with Crippen LogP contribution in [-0.4, -0.2) is 109 Å². The number of carbonyl (C=O) groups is 5. The van der Waals surface area contributed by atoms with E-state index in [4.69, 9.17) is 10.8 Å². The van der Waals surface area contributed by atoms with Crippen LogP contribution in [-0.2, 0) is 30.4 Å². The number of imidazole rings is 1. The van der Waals surface area contributed by atoms with Crippen LogP contribution in [0.25, 0.3) is 0 Å². The summed E-state index contributed by atoms with van der Waals surface area (Å²) in [4.78, 5) is 71.5. The second kappa shape index (κ2) is 14.6. The van der Waals surface area contributed by atoms with E-state index in [1.807, 2.05) is 13.8 Å². The third kappa shape index (κ3) is 9.01. The number of nitrogens with one attached hydrogen (secondary N) is 4. The van der Waals surface area contributed by atoms with E-state index in [0.717, 1.165) is 0 Å². The molecule has 15 heteroatoms. The summed E-state index contributed by atoms with van der Waals surface area (Å²) in [7, 11) is 0. The maximum absolute atomic E-state index is 13.3. The minimum atomic E-state index is -1.51. The summed E-state index contributed by atoms with van der Waals surface area (Å²) >= 11 is 0.